The van der Waals surface area contributed by atoms with Crippen molar-refractivity contribution in [3.63, 3.8) is 0 Å². The summed E-state index contributed by atoms with van der Waals surface area (Å²) in [5.74, 6) is 0. The van der Waals surface area contributed by atoms with Gasteiger partial charge in [0.05, 0.1) is 6.61 Å². The first-order valence-corrected chi connectivity index (χ1v) is 8.25. The summed E-state index contributed by atoms with van der Waals surface area (Å²) in [4.78, 5) is 0. The van der Waals surface area contributed by atoms with Gasteiger partial charge in [-0.15, -0.1) is 6.58 Å². The van der Waals surface area contributed by atoms with Gasteiger partial charge >= 0.3 is 10.4 Å². The predicted molar refractivity (Wildman–Crippen MR) is 76.2 cm³/mol. The van der Waals surface area contributed by atoms with Gasteiger partial charge in [0.25, 0.3) is 0 Å². The molecule has 10 nitrogen and oxygen atoms in total. The average Bonchev–Trinajstić information content (AvgIpc) is 2.44. The summed E-state index contributed by atoms with van der Waals surface area (Å²) in [6, 6.07) is 0. The second-order valence-electron chi connectivity index (χ2n) is 4.30. The number of aliphatic hydroxyl groups excluding tert-OH is 4. The first kappa shape index (κ1) is 19.3. The number of aliphatic hydroxyl groups is 4. The molecule has 0 aromatic heterocycles. The predicted octanol–water partition coefficient (Wildman–Crippen LogP) is -1.77. The molecule has 0 aromatic rings. The van der Waals surface area contributed by atoms with E-state index >= 15 is 0 Å². The number of thioether (sulfide) groups is 1. The lowest BCUT2D eigenvalue weighted by Crippen LogP contribution is -2.57. The third-order valence-corrected chi connectivity index (χ3v) is 4.05. The summed E-state index contributed by atoms with van der Waals surface area (Å²) >= 11 is 0.688. The number of nitrogens with zero attached hydrogens (tertiary/aromatic N) is 1. The van der Waals surface area contributed by atoms with E-state index < -0.39 is 46.9 Å². The topological polar surface area (TPSA) is 166 Å². The van der Waals surface area contributed by atoms with Gasteiger partial charge in [-0.25, -0.2) is 4.28 Å². The summed E-state index contributed by atoms with van der Waals surface area (Å²) in [7, 11) is -4.79. The van der Waals surface area contributed by atoms with Gasteiger partial charge in [-0.05, 0) is 0 Å². The molecule has 0 saturated carbocycles. The molecular weight excluding hydrogens is 342 g/mol. The number of allylic oxidation sites excluding steroid dienone is 1. The summed E-state index contributed by atoms with van der Waals surface area (Å²) in [5.41, 5.74) is -1.15. The van der Waals surface area contributed by atoms with Gasteiger partial charge in [0.15, 0.2) is 0 Å². The van der Waals surface area contributed by atoms with E-state index in [2.05, 4.69) is 16.0 Å². The molecule has 1 aliphatic rings. The lowest BCUT2D eigenvalue weighted by atomic mass is 10.0. The molecule has 5 atom stereocenters. The van der Waals surface area contributed by atoms with E-state index in [0.29, 0.717) is 11.8 Å². The van der Waals surface area contributed by atoms with Crippen LogP contribution in [0.25, 0.3) is 0 Å². The van der Waals surface area contributed by atoms with Crippen LogP contribution in [-0.4, -0.2) is 74.9 Å². The molecule has 0 aromatic carbocycles. The van der Waals surface area contributed by atoms with Crippen LogP contribution in [0.1, 0.15) is 6.42 Å². The summed E-state index contributed by atoms with van der Waals surface area (Å²) in [6.07, 6.45) is -4.34. The van der Waals surface area contributed by atoms with Crippen LogP contribution in [0.2, 0.25) is 0 Å². The maximum Gasteiger partial charge on any atom is 0.466 e. The first-order chi connectivity index (χ1) is 10.2. The van der Waals surface area contributed by atoms with Crippen LogP contribution in [0.15, 0.2) is 17.8 Å². The molecule has 0 radical (unpaired) electrons. The fourth-order valence-electron chi connectivity index (χ4n) is 1.62. The Hall–Kier alpha value is -0.730. The van der Waals surface area contributed by atoms with Crippen molar-refractivity contribution in [3.05, 3.63) is 12.7 Å². The third-order valence-electron chi connectivity index (χ3n) is 2.65. The van der Waals surface area contributed by atoms with Gasteiger partial charge in [0.1, 0.15) is 34.9 Å². The Morgan fingerprint density at radius 3 is 2.45 bits per heavy atom. The second-order valence-corrected chi connectivity index (χ2v) is 6.47. The van der Waals surface area contributed by atoms with Crippen molar-refractivity contribution in [2.75, 3.05) is 6.61 Å². The Morgan fingerprint density at radius 1 is 1.32 bits per heavy atom. The van der Waals surface area contributed by atoms with Crippen LogP contribution in [0.3, 0.4) is 0 Å². The molecule has 1 saturated heterocycles. The molecule has 22 heavy (non-hydrogen) atoms. The van der Waals surface area contributed by atoms with Gasteiger partial charge in [-0.1, -0.05) is 23.0 Å². The maximum atomic E-state index is 10.5. The molecule has 1 heterocycles. The second kappa shape index (κ2) is 8.21. The number of hydrogen-bond acceptors (Lipinski definition) is 10. The number of ether oxygens (including phenoxy) is 1. The zero-order valence-corrected chi connectivity index (χ0v) is 12.9. The molecular formula is C10H17NO9S2. The number of rotatable bonds is 6. The van der Waals surface area contributed by atoms with E-state index in [4.69, 9.17) is 14.4 Å². The molecule has 12 heteroatoms. The van der Waals surface area contributed by atoms with Crippen molar-refractivity contribution in [3.8, 4) is 0 Å². The highest BCUT2D eigenvalue weighted by Gasteiger charge is 2.44. The van der Waals surface area contributed by atoms with Crippen LogP contribution in [0.4, 0.5) is 0 Å². The van der Waals surface area contributed by atoms with Crippen molar-refractivity contribution in [2.24, 2.45) is 5.16 Å². The average molecular weight is 359 g/mol. The SMILES string of the molecule is C=CC/C(=N/OS(=O)(=O)O)SC1OC(CO)C(O)C(O)C1O. The van der Waals surface area contributed by atoms with Crippen molar-refractivity contribution >= 4 is 27.2 Å². The van der Waals surface area contributed by atoms with E-state index in [0.717, 1.165) is 0 Å². The molecule has 0 aliphatic carbocycles. The van der Waals surface area contributed by atoms with Crippen LogP contribution in [-0.2, 0) is 19.4 Å². The van der Waals surface area contributed by atoms with Gasteiger partial charge in [0.2, 0.25) is 0 Å². The molecule has 1 fully saturated rings. The van der Waals surface area contributed by atoms with Gasteiger partial charge in [-0.3, -0.25) is 4.55 Å². The van der Waals surface area contributed by atoms with Crippen molar-refractivity contribution in [1.82, 2.24) is 0 Å². The largest absolute Gasteiger partial charge is 0.466 e. The molecule has 0 amide bonds. The molecule has 5 N–H and O–H groups in total. The fraction of sp³-hybridized carbons (Fsp3) is 0.700. The van der Waals surface area contributed by atoms with Crippen LogP contribution in [0, 0.1) is 0 Å². The minimum Gasteiger partial charge on any atom is -0.394 e. The van der Waals surface area contributed by atoms with Gasteiger partial charge in [-0.2, -0.15) is 8.42 Å². The van der Waals surface area contributed by atoms with E-state index in [-0.39, 0.29) is 11.5 Å². The zero-order valence-electron chi connectivity index (χ0n) is 11.2. The lowest BCUT2D eigenvalue weighted by molar-refractivity contribution is -0.205. The monoisotopic (exact) mass is 359 g/mol. The fourth-order valence-corrected chi connectivity index (χ4v) is 2.91. The van der Waals surface area contributed by atoms with E-state index in [9.17, 15) is 23.7 Å². The molecule has 1 aliphatic heterocycles. The maximum absolute atomic E-state index is 10.5. The minimum atomic E-state index is -4.79. The minimum absolute atomic E-state index is 0.0230. The normalized spacial score (nSPS) is 33.5. The zero-order chi connectivity index (χ0) is 16.9. The van der Waals surface area contributed by atoms with Gasteiger partial charge in [0, 0.05) is 6.42 Å². The van der Waals surface area contributed by atoms with Crippen LogP contribution < -0.4 is 0 Å². The summed E-state index contributed by atoms with van der Waals surface area (Å²) in [6.45, 7) is 2.82. The highest BCUT2D eigenvalue weighted by molar-refractivity contribution is 8.14. The Bertz CT molecular complexity index is 507. The molecule has 0 spiro atoms. The number of oxime groups is 1. The van der Waals surface area contributed by atoms with E-state index in [1.807, 2.05) is 0 Å². The Balaban J connectivity index is 2.85. The van der Waals surface area contributed by atoms with Crippen LogP contribution in [0.5, 0.6) is 0 Å². The Morgan fingerprint density at radius 2 is 1.95 bits per heavy atom. The first-order valence-electron chi connectivity index (χ1n) is 6.00. The van der Waals surface area contributed by atoms with Crippen molar-refractivity contribution in [1.29, 1.82) is 0 Å². The smallest absolute Gasteiger partial charge is 0.394 e. The van der Waals surface area contributed by atoms with E-state index in [1.165, 1.54) is 6.08 Å². The third kappa shape index (κ3) is 5.48. The van der Waals surface area contributed by atoms with E-state index in [1.54, 1.807) is 0 Å². The Kier molecular flexibility index (Phi) is 7.21. The lowest BCUT2D eigenvalue weighted by Gasteiger charge is -2.39. The Labute approximate surface area is 131 Å². The van der Waals surface area contributed by atoms with Crippen LogP contribution >= 0.6 is 11.8 Å². The quantitative estimate of drug-likeness (QED) is 0.120. The van der Waals surface area contributed by atoms with Gasteiger partial charge < -0.3 is 25.2 Å². The summed E-state index contributed by atoms with van der Waals surface area (Å²) < 4.78 is 38.5. The molecule has 5 unspecified atom stereocenters. The molecule has 1 rings (SSSR count). The highest BCUT2D eigenvalue weighted by atomic mass is 32.3. The van der Waals surface area contributed by atoms with Crippen molar-refractivity contribution in [2.45, 2.75) is 36.3 Å². The van der Waals surface area contributed by atoms with Crippen molar-refractivity contribution < 1.29 is 42.4 Å². The number of hydrogen-bond donors (Lipinski definition) is 5. The highest BCUT2D eigenvalue weighted by Crippen LogP contribution is 2.30. The standard InChI is InChI=1S/C10H17NO9S2/c1-2-3-6(11-20-22(16,17)18)21-10-9(15)8(14)7(13)5(4-12)19-10/h2,5,7-10,12-15H,1,3-4H2,(H,16,17,18)/b11-6-. The molecule has 128 valence electrons. The summed E-state index contributed by atoms with van der Waals surface area (Å²) in [5, 5.41) is 41.3. The molecule has 0 bridgehead atoms.